The van der Waals surface area contributed by atoms with Crippen LogP contribution in [-0.4, -0.2) is 37.9 Å². The van der Waals surface area contributed by atoms with Crippen molar-refractivity contribution in [3.05, 3.63) is 27.7 Å². The van der Waals surface area contributed by atoms with E-state index in [9.17, 15) is 14.4 Å². The van der Waals surface area contributed by atoms with Gasteiger partial charge in [0.1, 0.15) is 5.60 Å². The summed E-state index contributed by atoms with van der Waals surface area (Å²) in [6.45, 7) is 5.11. The van der Waals surface area contributed by atoms with Crippen LogP contribution in [0.4, 0.5) is 10.5 Å². The molecule has 1 rings (SSSR count). The highest BCUT2D eigenvalue weighted by Gasteiger charge is 2.22. The van der Waals surface area contributed by atoms with E-state index < -0.39 is 23.6 Å². The Morgan fingerprint density at radius 1 is 1.00 bits per heavy atom. The Bertz CT molecular complexity index is 636. The lowest BCUT2D eigenvalue weighted by Gasteiger charge is -2.20. The fourth-order valence-electron chi connectivity index (χ4n) is 1.64. The van der Waals surface area contributed by atoms with Gasteiger partial charge in [-0.05, 0) is 48.8 Å². The first-order valence-electron chi connectivity index (χ1n) is 6.59. The number of halogens is 1. The highest BCUT2D eigenvalue weighted by atomic mass is 79.9. The molecular weight excluding hydrogens is 370 g/mol. The number of hydrogen-bond donors (Lipinski definition) is 1. The van der Waals surface area contributed by atoms with Gasteiger partial charge in [-0.3, -0.25) is 5.32 Å². The Morgan fingerprint density at radius 3 is 2.00 bits per heavy atom. The molecular formula is C15H18BrNO6. The minimum absolute atomic E-state index is 0.0675. The van der Waals surface area contributed by atoms with Crippen LogP contribution >= 0.6 is 15.9 Å². The summed E-state index contributed by atoms with van der Waals surface area (Å²) in [5.41, 5.74) is -0.422. The molecule has 1 aromatic rings. The van der Waals surface area contributed by atoms with Crippen molar-refractivity contribution in [1.29, 1.82) is 0 Å². The molecule has 7 nitrogen and oxygen atoms in total. The molecule has 0 saturated heterocycles. The van der Waals surface area contributed by atoms with Gasteiger partial charge in [0.05, 0.1) is 31.0 Å². The molecule has 0 aliphatic rings. The number of ether oxygens (including phenoxy) is 3. The zero-order valence-electron chi connectivity index (χ0n) is 13.5. The van der Waals surface area contributed by atoms with E-state index >= 15 is 0 Å². The number of hydrogen-bond acceptors (Lipinski definition) is 6. The van der Waals surface area contributed by atoms with Crippen LogP contribution in [0.2, 0.25) is 0 Å². The van der Waals surface area contributed by atoms with Crippen LogP contribution in [0.3, 0.4) is 0 Å². The van der Waals surface area contributed by atoms with Crippen LogP contribution in [0.15, 0.2) is 16.6 Å². The number of nitrogens with one attached hydrogen (secondary N) is 1. The van der Waals surface area contributed by atoms with Crippen LogP contribution in [0.25, 0.3) is 0 Å². The summed E-state index contributed by atoms with van der Waals surface area (Å²) in [5, 5.41) is 2.44. The molecule has 1 N–H and O–H groups in total. The molecule has 1 aromatic carbocycles. The number of esters is 2. The van der Waals surface area contributed by atoms with Gasteiger partial charge in [0.25, 0.3) is 0 Å². The first-order valence-corrected chi connectivity index (χ1v) is 7.38. The molecule has 23 heavy (non-hydrogen) atoms. The van der Waals surface area contributed by atoms with Crippen molar-refractivity contribution in [3.8, 4) is 0 Å². The summed E-state index contributed by atoms with van der Waals surface area (Å²) in [5.74, 6) is -1.30. The van der Waals surface area contributed by atoms with Crippen LogP contribution in [0.1, 0.15) is 41.5 Å². The van der Waals surface area contributed by atoms with Crippen molar-refractivity contribution in [2.45, 2.75) is 26.4 Å². The molecule has 0 bridgehead atoms. The zero-order valence-corrected chi connectivity index (χ0v) is 15.1. The van der Waals surface area contributed by atoms with Gasteiger partial charge in [-0.25, -0.2) is 14.4 Å². The van der Waals surface area contributed by atoms with E-state index in [1.165, 1.54) is 26.4 Å². The number of carbonyl (C=O) groups excluding carboxylic acids is 3. The summed E-state index contributed by atoms with van der Waals surface area (Å²) in [7, 11) is 2.44. The van der Waals surface area contributed by atoms with Gasteiger partial charge in [-0.15, -0.1) is 0 Å². The molecule has 0 aliphatic heterocycles. The van der Waals surface area contributed by atoms with Crippen LogP contribution in [-0.2, 0) is 14.2 Å². The first kappa shape index (κ1) is 19.0. The average Bonchev–Trinajstić information content (AvgIpc) is 2.45. The van der Waals surface area contributed by atoms with Gasteiger partial charge < -0.3 is 14.2 Å². The summed E-state index contributed by atoms with van der Waals surface area (Å²) < 4.78 is 14.8. The highest BCUT2D eigenvalue weighted by molar-refractivity contribution is 9.10. The van der Waals surface area contributed by atoms with Gasteiger partial charge in [0.2, 0.25) is 0 Å². The second kappa shape index (κ2) is 7.45. The maximum atomic E-state index is 11.9. The van der Waals surface area contributed by atoms with Gasteiger partial charge in [0, 0.05) is 4.47 Å². The van der Waals surface area contributed by atoms with E-state index in [0.29, 0.717) is 4.47 Å². The average molecular weight is 388 g/mol. The quantitative estimate of drug-likeness (QED) is 0.631. The minimum Gasteiger partial charge on any atom is -0.465 e. The van der Waals surface area contributed by atoms with Crippen molar-refractivity contribution in [3.63, 3.8) is 0 Å². The largest absolute Gasteiger partial charge is 0.465 e. The monoisotopic (exact) mass is 387 g/mol. The SMILES string of the molecule is COC(=O)c1cc(NC(=O)OC(C)(C)C)c(C(=O)OC)cc1Br. The summed E-state index contributed by atoms with van der Waals surface area (Å²) >= 11 is 3.18. The standard InChI is InChI=1S/C15H18BrNO6/c1-15(2,3)23-14(20)17-11-7-8(12(18)21-4)10(16)6-9(11)13(19)22-5/h6-7H,1-5H3,(H,17,20). The summed E-state index contributed by atoms with van der Waals surface area (Å²) in [6.07, 6.45) is -0.763. The maximum absolute atomic E-state index is 11.9. The highest BCUT2D eigenvalue weighted by Crippen LogP contribution is 2.27. The molecule has 0 aromatic heterocycles. The first-order chi connectivity index (χ1) is 10.6. The zero-order chi connectivity index (χ0) is 17.8. The second-order valence-corrected chi connectivity index (χ2v) is 6.34. The molecule has 126 valence electrons. The number of benzene rings is 1. The van der Waals surface area contributed by atoms with Gasteiger partial charge >= 0.3 is 18.0 Å². The van der Waals surface area contributed by atoms with Crippen LogP contribution < -0.4 is 5.32 Å². The molecule has 0 aliphatic carbocycles. The third kappa shape index (κ3) is 5.24. The Kier molecular flexibility index (Phi) is 6.14. The lowest BCUT2D eigenvalue weighted by Crippen LogP contribution is -2.28. The van der Waals surface area contributed by atoms with Crippen LogP contribution in [0, 0.1) is 0 Å². The van der Waals surface area contributed by atoms with E-state index in [1.54, 1.807) is 20.8 Å². The van der Waals surface area contributed by atoms with Crippen molar-refractivity contribution >= 4 is 39.6 Å². The molecule has 8 heteroatoms. The molecule has 0 spiro atoms. The van der Waals surface area contributed by atoms with Gasteiger partial charge in [0.15, 0.2) is 0 Å². The summed E-state index contributed by atoms with van der Waals surface area (Å²) in [4.78, 5) is 35.5. The lowest BCUT2D eigenvalue weighted by molar-refractivity contribution is 0.0584. The van der Waals surface area contributed by atoms with E-state index in [2.05, 4.69) is 30.7 Å². The van der Waals surface area contributed by atoms with E-state index in [4.69, 9.17) is 4.74 Å². The maximum Gasteiger partial charge on any atom is 0.412 e. The Morgan fingerprint density at radius 2 is 1.52 bits per heavy atom. The number of amides is 1. The molecule has 0 saturated carbocycles. The molecule has 0 atom stereocenters. The lowest BCUT2D eigenvalue weighted by atomic mass is 10.1. The predicted octanol–water partition coefficient (Wildman–Crippen LogP) is 3.37. The minimum atomic E-state index is -0.763. The van der Waals surface area contributed by atoms with Gasteiger partial charge in [-0.2, -0.15) is 0 Å². The summed E-state index contributed by atoms with van der Waals surface area (Å²) in [6, 6.07) is 2.68. The van der Waals surface area contributed by atoms with Crippen LogP contribution in [0.5, 0.6) is 0 Å². The Hall–Kier alpha value is -2.09. The van der Waals surface area contributed by atoms with Crippen molar-refractivity contribution in [2.24, 2.45) is 0 Å². The Labute approximate surface area is 142 Å². The van der Waals surface area contributed by atoms with E-state index in [1.807, 2.05) is 0 Å². The number of anilines is 1. The molecule has 0 heterocycles. The smallest absolute Gasteiger partial charge is 0.412 e. The second-order valence-electron chi connectivity index (χ2n) is 5.49. The van der Waals surface area contributed by atoms with Crippen molar-refractivity contribution < 1.29 is 28.6 Å². The van der Waals surface area contributed by atoms with E-state index in [0.717, 1.165) is 0 Å². The molecule has 0 fully saturated rings. The molecule has 0 radical (unpaired) electrons. The normalized spacial score (nSPS) is 10.7. The third-order valence-corrected chi connectivity index (χ3v) is 3.21. The number of rotatable bonds is 3. The van der Waals surface area contributed by atoms with Crippen molar-refractivity contribution in [1.82, 2.24) is 0 Å². The topological polar surface area (TPSA) is 90.9 Å². The number of methoxy groups -OCH3 is 2. The molecule has 0 unspecified atom stereocenters. The van der Waals surface area contributed by atoms with E-state index in [-0.39, 0.29) is 16.8 Å². The fraction of sp³-hybridized carbons (Fsp3) is 0.400. The number of carbonyl (C=O) groups is 3. The molecule has 1 amide bonds. The van der Waals surface area contributed by atoms with Gasteiger partial charge in [-0.1, -0.05) is 0 Å². The van der Waals surface area contributed by atoms with Crippen molar-refractivity contribution in [2.75, 3.05) is 19.5 Å². The predicted molar refractivity (Wildman–Crippen MR) is 86.7 cm³/mol. The third-order valence-electron chi connectivity index (χ3n) is 2.55. The fourth-order valence-corrected chi connectivity index (χ4v) is 2.14. The Balaban J connectivity index is 3.27.